The number of Topliss-reactive ketones (excluding diaryl/α,β-unsaturated/α-hetero) is 1. The Morgan fingerprint density at radius 1 is 0.964 bits per heavy atom. The molecule has 144 valence electrons. The number of rotatable bonds is 3. The van der Waals surface area contributed by atoms with Crippen LogP contribution in [0.15, 0.2) is 53.7 Å². The van der Waals surface area contributed by atoms with Crippen molar-refractivity contribution in [2.24, 2.45) is 0 Å². The van der Waals surface area contributed by atoms with Gasteiger partial charge >= 0.3 is 0 Å². The lowest BCUT2D eigenvalue weighted by molar-refractivity contribution is -0.122. The highest BCUT2D eigenvalue weighted by molar-refractivity contribution is 6.42. The number of ether oxygens (including phenoxy) is 1. The molecule has 0 spiro atoms. The molecule has 0 aromatic heterocycles. The number of carbonyl (C=O) groups excluding carboxylic acids is 2. The Labute approximate surface area is 173 Å². The molecule has 4 rings (SSSR count). The van der Waals surface area contributed by atoms with E-state index in [2.05, 4.69) is 5.32 Å². The second kappa shape index (κ2) is 7.61. The summed E-state index contributed by atoms with van der Waals surface area (Å²) in [5, 5.41) is 3.81. The van der Waals surface area contributed by atoms with Crippen molar-refractivity contribution in [3.8, 4) is 5.75 Å². The third-order valence-corrected chi connectivity index (χ3v) is 6.19. The van der Waals surface area contributed by atoms with Gasteiger partial charge < -0.3 is 10.1 Å². The van der Waals surface area contributed by atoms with Gasteiger partial charge in [-0.25, -0.2) is 0 Å². The van der Waals surface area contributed by atoms with Gasteiger partial charge in [0.1, 0.15) is 5.75 Å². The van der Waals surface area contributed by atoms with Crippen LogP contribution in [0.5, 0.6) is 5.75 Å². The zero-order chi connectivity index (χ0) is 19.8. The number of hydrogen-bond acceptors (Lipinski definition) is 3. The highest BCUT2D eigenvalue weighted by Gasteiger charge is 2.38. The average molecular weight is 416 g/mol. The van der Waals surface area contributed by atoms with E-state index in [4.69, 9.17) is 27.9 Å². The fraction of sp³-hybridized carbons (Fsp3) is 0.273. The van der Waals surface area contributed by atoms with Crippen LogP contribution in [-0.4, -0.2) is 18.8 Å². The van der Waals surface area contributed by atoms with Gasteiger partial charge in [-0.1, -0.05) is 41.4 Å². The Morgan fingerprint density at radius 2 is 1.79 bits per heavy atom. The zero-order valence-corrected chi connectivity index (χ0v) is 16.8. The van der Waals surface area contributed by atoms with Crippen molar-refractivity contribution >= 4 is 34.9 Å². The summed E-state index contributed by atoms with van der Waals surface area (Å²) in [6.45, 7) is 0. The molecular weight excluding hydrogens is 397 g/mol. The molecule has 4 nitrogen and oxygen atoms in total. The van der Waals surface area contributed by atoms with Gasteiger partial charge in [0.05, 0.1) is 17.2 Å². The van der Waals surface area contributed by atoms with Crippen LogP contribution < -0.4 is 10.1 Å². The van der Waals surface area contributed by atoms with Crippen LogP contribution >= 0.6 is 23.2 Å². The molecule has 28 heavy (non-hydrogen) atoms. The summed E-state index contributed by atoms with van der Waals surface area (Å²) >= 11 is 12.2. The zero-order valence-electron chi connectivity index (χ0n) is 15.3. The largest absolute Gasteiger partial charge is 0.497 e. The molecule has 1 aliphatic heterocycles. The molecule has 2 unspecified atom stereocenters. The first-order chi connectivity index (χ1) is 13.5. The van der Waals surface area contributed by atoms with Crippen molar-refractivity contribution in [3.05, 3.63) is 74.9 Å². The summed E-state index contributed by atoms with van der Waals surface area (Å²) in [4.78, 5) is 25.5. The second-order valence-corrected chi connectivity index (χ2v) is 7.99. The summed E-state index contributed by atoms with van der Waals surface area (Å²) < 4.78 is 5.30. The second-order valence-electron chi connectivity index (χ2n) is 7.18. The van der Waals surface area contributed by atoms with Gasteiger partial charge in [0.25, 0.3) is 0 Å². The lowest BCUT2D eigenvalue weighted by Gasteiger charge is -2.34. The average Bonchev–Trinajstić information content (AvgIpc) is 2.69. The van der Waals surface area contributed by atoms with E-state index in [1.807, 2.05) is 30.3 Å². The molecule has 2 aliphatic rings. The van der Waals surface area contributed by atoms with E-state index in [1.165, 1.54) is 0 Å². The van der Waals surface area contributed by atoms with Gasteiger partial charge in [-0.15, -0.1) is 0 Å². The van der Waals surface area contributed by atoms with E-state index in [1.54, 1.807) is 19.2 Å². The van der Waals surface area contributed by atoms with E-state index >= 15 is 0 Å². The van der Waals surface area contributed by atoms with Crippen molar-refractivity contribution in [1.29, 1.82) is 0 Å². The van der Waals surface area contributed by atoms with Crippen LogP contribution in [0.3, 0.4) is 0 Å². The number of allylic oxidation sites excluding steroid dienone is 2. The summed E-state index contributed by atoms with van der Waals surface area (Å²) in [6.07, 6.45) is 1.24. The van der Waals surface area contributed by atoms with Gasteiger partial charge in [-0.2, -0.15) is 0 Å². The first-order valence-corrected chi connectivity index (χ1v) is 9.87. The van der Waals surface area contributed by atoms with E-state index in [0.717, 1.165) is 22.6 Å². The molecule has 0 saturated carbocycles. The van der Waals surface area contributed by atoms with Crippen LogP contribution in [-0.2, 0) is 9.59 Å². The van der Waals surface area contributed by atoms with Gasteiger partial charge in [-0.05, 0) is 47.7 Å². The Balaban J connectivity index is 1.71. The maximum atomic E-state index is 13.1. The number of benzene rings is 2. The Kier molecular flexibility index (Phi) is 5.17. The molecule has 1 amide bonds. The maximum Gasteiger partial charge on any atom is 0.225 e. The normalized spacial score (nSPS) is 22.0. The molecule has 0 radical (unpaired) electrons. The lowest BCUT2D eigenvalue weighted by atomic mass is 9.73. The number of carbonyl (C=O) groups is 2. The molecule has 0 fully saturated rings. The molecule has 1 heterocycles. The molecule has 2 aromatic carbocycles. The number of halogens is 2. The lowest BCUT2D eigenvalue weighted by Crippen LogP contribution is -2.38. The summed E-state index contributed by atoms with van der Waals surface area (Å²) in [7, 11) is 1.62. The third-order valence-electron chi connectivity index (χ3n) is 5.45. The maximum absolute atomic E-state index is 13.1. The summed E-state index contributed by atoms with van der Waals surface area (Å²) in [5.41, 5.74) is 3.28. The predicted molar refractivity (Wildman–Crippen MR) is 109 cm³/mol. The topological polar surface area (TPSA) is 55.4 Å². The van der Waals surface area contributed by atoms with Crippen LogP contribution in [0, 0.1) is 0 Å². The van der Waals surface area contributed by atoms with Crippen LogP contribution in [0.2, 0.25) is 10.0 Å². The Hall–Kier alpha value is -2.30. The van der Waals surface area contributed by atoms with Gasteiger partial charge in [0, 0.05) is 30.0 Å². The summed E-state index contributed by atoms with van der Waals surface area (Å²) in [6, 6.07) is 13.0. The van der Waals surface area contributed by atoms with Crippen molar-refractivity contribution in [2.45, 2.75) is 31.1 Å². The quantitative estimate of drug-likeness (QED) is 0.766. The third kappa shape index (κ3) is 3.54. The van der Waals surface area contributed by atoms with Crippen LogP contribution in [0.1, 0.15) is 42.2 Å². The fourth-order valence-electron chi connectivity index (χ4n) is 4.11. The molecule has 0 bridgehead atoms. The number of ketones is 1. The standard InChI is InChI=1S/C22H19Cl2NO3/c1-28-15-4-2-3-12(7-15)14-9-19-22(20(26)10-14)16(11-21(27)25-19)13-5-6-17(23)18(24)8-13/h2-8,14,16H,9-11H2,1H3,(H,25,27). The first-order valence-electron chi connectivity index (χ1n) is 9.11. The molecular formula is C22H19Cl2NO3. The van der Waals surface area contributed by atoms with Crippen molar-refractivity contribution in [3.63, 3.8) is 0 Å². The molecule has 1 aliphatic carbocycles. The summed E-state index contributed by atoms with van der Waals surface area (Å²) in [5.74, 6) is 0.441. The minimum absolute atomic E-state index is 0.00852. The van der Waals surface area contributed by atoms with Crippen molar-refractivity contribution in [1.82, 2.24) is 5.32 Å². The minimum atomic E-state index is -0.294. The number of hydrogen-bond donors (Lipinski definition) is 1. The minimum Gasteiger partial charge on any atom is -0.497 e. The van der Waals surface area contributed by atoms with E-state index in [9.17, 15) is 9.59 Å². The van der Waals surface area contributed by atoms with Crippen molar-refractivity contribution in [2.75, 3.05) is 7.11 Å². The Bertz CT molecular complexity index is 999. The SMILES string of the molecule is COc1cccc(C2CC(=O)C3=C(C2)NC(=O)CC3c2ccc(Cl)c(Cl)c2)c1. The van der Waals surface area contributed by atoms with Gasteiger partial charge in [-0.3, -0.25) is 9.59 Å². The monoisotopic (exact) mass is 415 g/mol. The molecule has 1 N–H and O–H groups in total. The van der Waals surface area contributed by atoms with Crippen molar-refractivity contribution < 1.29 is 14.3 Å². The van der Waals surface area contributed by atoms with Crippen LogP contribution in [0.4, 0.5) is 0 Å². The molecule has 2 atom stereocenters. The molecule has 2 aromatic rings. The van der Waals surface area contributed by atoms with Gasteiger partial charge in [0.15, 0.2) is 5.78 Å². The van der Waals surface area contributed by atoms with E-state index < -0.39 is 0 Å². The molecule has 0 saturated heterocycles. The molecule has 6 heteroatoms. The highest BCUT2D eigenvalue weighted by atomic mass is 35.5. The Morgan fingerprint density at radius 3 is 2.54 bits per heavy atom. The predicted octanol–water partition coefficient (Wildman–Crippen LogP) is 5.01. The first kappa shape index (κ1) is 19.0. The highest BCUT2D eigenvalue weighted by Crippen LogP contribution is 2.43. The van der Waals surface area contributed by atoms with Gasteiger partial charge in [0.2, 0.25) is 5.91 Å². The smallest absolute Gasteiger partial charge is 0.225 e. The van der Waals surface area contributed by atoms with E-state index in [-0.39, 0.29) is 29.9 Å². The fourth-order valence-corrected chi connectivity index (χ4v) is 4.41. The van der Waals surface area contributed by atoms with E-state index in [0.29, 0.717) is 28.5 Å². The number of methoxy groups -OCH3 is 1. The van der Waals surface area contributed by atoms with Crippen LogP contribution in [0.25, 0.3) is 0 Å². The number of amides is 1. The number of nitrogens with one attached hydrogen (secondary N) is 1.